The predicted molar refractivity (Wildman–Crippen MR) is 124 cm³/mol. The number of ether oxygens (including phenoxy) is 3. The van der Waals surface area contributed by atoms with Gasteiger partial charge in [0.25, 0.3) is 0 Å². The maximum Gasteiger partial charge on any atom is 0.407 e. The van der Waals surface area contributed by atoms with Crippen LogP contribution in [-0.2, 0) is 14.2 Å². The first-order valence-corrected chi connectivity index (χ1v) is 12.2. The summed E-state index contributed by atoms with van der Waals surface area (Å²) in [6, 6.07) is 1.04. The van der Waals surface area contributed by atoms with Crippen molar-refractivity contribution in [2.45, 2.75) is 77.5 Å². The van der Waals surface area contributed by atoms with Crippen LogP contribution in [0, 0.1) is 0 Å². The number of amides is 2. The highest BCUT2D eigenvalue weighted by Gasteiger charge is 2.24. The number of unbranched alkanes of at least 4 members (excludes halogenated alkanes) is 1. The molecule has 9 heteroatoms. The first-order chi connectivity index (χ1) is 15.3. The molecule has 2 aliphatic rings. The van der Waals surface area contributed by atoms with Crippen molar-refractivity contribution < 1.29 is 23.8 Å². The quantitative estimate of drug-likeness (QED) is 0.257. The summed E-state index contributed by atoms with van der Waals surface area (Å²) in [6.07, 6.45) is 3.67. The fourth-order valence-electron chi connectivity index (χ4n) is 3.57. The molecule has 2 heterocycles. The maximum atomic E-state index is 11.7. The van der Waals surface area contributed by atoms with Crippen LogP contribution in [0.3, 0.4) is 0 Å². The van der Waals surface area contributed by atoms with Gasteiger partial charge < -0.3 is 24.8 Å². The number of carbonyl (C=O) groups excluding carboxylic acids is 2. The molecule has 2 rings (SSSR count). The molecule has 186 valence electrons. The molecule has 0 spiro atoms. The lowest BCUT2D eigenvalue weighted by Gasteiger charge is -2.25. The smallest absolute Gasteiger partial charge is 0.407 e. The van der Waals surface area contributed by atoms with Gasteiger partial charge in [-0.15, -0.1) is 0 Å². The number of nitrogens with one attached hydrogen (secondary N) is 2. The molecule has 0 aromatic rings. The molecule has 32 heavy (non-hydrogen) atoms. The highest BCUT2D eigenvalue weighted by atomic mass is 16.6. The number of hydrogen-bond donors (Lipinski definition) is 2. The van der Waals surface area contributed by atoms with E-state index in [2.05, 4.69) is 34.3 Å². The Balaban J connectivity index is 1.38. The van der Waals surface area contributed by atoms with Crippen LogP contribution in [0.15, 0.2) is 0 Å². The summed E-state index contributed by atoms with van der Waals surface area (Å²) >= 11 is 0. The predicted octanol–water partition coefficient (Wildman–Crippen LogP) is 2.59. The van der Waals surface area contributed by atoms with Crippen LogP contribution in [0.5, 0.6) is 0 Å². The standard InChI is InChI=1S/C23H44N4O5/c1-19(26-12-13-26)7-10-24-21(28)30-16-6-5-9-23(3,4)32-18-17-31-22(29)25-11-8-20(2)27-14-15-27/h19-20H,5-18H2,1-4H3,(H,24,28)(H,25,29). The van der Waals surface area contributed by atoms with Gasteiger partial charge in [0.05, 0.1) is 18.8 Å². The van der Waals surface area contributed by atoms with Crippen molar-refractivity contribution in [1.29, 1.82) is 0 Å². The van der Waals surface area contributed by atoms with Crippen LogP contribution < -0.4 is 10.6 Å². The van der Waals surface area contributed by atoms with Gasteiger partial charge in [-0.3, -0.25) is 9.80 Å². The number of rotatable bonds is 17. The summed E-state index contributed by atoms with van der Waals surface area (Å²) in [7, 11) is 0. The summed E-state index contributed by atoms with van der Waals surface area (Å²) < 4.78 is 16.3. The van der Waals surface area contributed by atoms with E-state index in [1.807, 2.05) is 13.8 Å². The van der Waals surface area contributed by atoms with Gasteiger partial charge >= 0.3 is 12.2 Å². The van der Waals surface area contributed by atoms with Gasteiger partial charge in [0, 0.05) is 51.4 Å². The Morgan fingerprint density at radius 2 is 1.31 bits per heavy atom. The van der Waals surface area contributed by atoms with E-state index in [4.69, 9.17) is 14.2 Å². The van der Waals surface area contributed by atoms with Gasteiger partial charge in [-0.2, -0.15) is 0 Å². The third-order valence-electron chi connectivity index (χ3n) is 6.09. The maximum absolute atomic E-state index is 11.7. The molecule has 2 atom stereocenters. The average Bonchev–Trinajstić information content (AvgIpc) is 3.63. The minimum Gasteiger partial charge on any atom is -0.450 e. The SMILES string of the molecule is CC(CCNC(=O)OCCCCC(C)(C)OCCOC(=O)NCCC(C)N1CC1)N1CC1. The summed E-state index contributed by atoms with van der Waals surface area (Å²) in [5, 5.41) is 5.60. The molecule has 0 saturated carbocycles. The van der Waals surface area contributed by atoms with Crippen LogP contribution in [0.25, 0.3) is 0 Å². The fraction of sp³-hybridized carbons (Fsp3) is 0.913. The summed E-state index contributed by atoms with van der Waals surface area (Å²) in [6.45, 7) is 15.3. The summed E-state index contributed by atoms with van der Waals surface area (Å²) in [5.74, 6) is 0. The Morgan fingerprint density at radius 3 is 1.81 bits per heavy atom. The average molecular weight is 457 g/mol. The molecule has 0 aromatic heterocycles. The number of carbonyl (C=O) groups is 2. The van der Waals surface area contributed by atoms with Crippen LogP contribution in [0.4, 0.5) is 9.59 Å². The first kappa shape index (κ1) is 26.7. The molecule has 2 N–H and O–H groups in total. The lowest BCUT2D eigenvalue weighted by molar-refractivity contribution is -0.0419. The molecule has 2 fully saturated rings. The van der Waals surface area contributed by atoms with Crippen LogP contribution in [-0.4, -0.2) is 98.8 Å². The third-order valence-corrected chi connectivity index (χ3v) is 6.09. The molecule has 2 aliphatic heterocycles. The monoisotopic (exact) mass is 456 g/mol. The normalized spacial score (nSPS) is 18.0. The Morgan fingerprint density at radius 1 is 0.812 bits per heavy atom. The van der Waals surface area contributed by atoms with Crippen molar-refractivity contribution in [3.63, 3.8) is 0 Å². The van der Waals surface area contributed by atoms with E-state index in [0.717, 1.165) is 32.1 Å². The second-order valence-corrected chi connectivity index (χ2v) is 9.54. The molecule has 0 bridgehead atoms. The summed E-state index contributed by atoms with van der Waals surface area (Å²) in [4.78, 5) is 28.2. The van der Waals surface area contributed by atoms with E-state index in [9.17, 15) is 9.59 Å². The van der Waals surface area contributed by atoms with E-state index >= 15 is 0 Å². The van der Waals surface area contributed by atoms with Crippen molar-refractivity contribution in [3.05, 3.63) is 0 Å². The van der Waals surface area contributed by atoms with Gasteiger partial charge in [-0.25, -0.2) is 9.59 Å². The van der Waals surface area contributed by atoms with E-state index in [1.54, 1.807) is 0 Å². The molecule has 0 aromatic carbocycles. The molecular formula is C23H44N4O5. The largest absolute Gasteiger partial charge is 0.450 e. The van der Waals surface area contributed by atoms with Crippen LogP contribution in [0.1, 0.15) is 59.8 Å². The summed E-state index contributed by atoms with van der Waals surface area (Å²) in [5.41, 5.74) is -0.315. The molecule has 0 aliphatic carbocycles. The molecular weight excluding hydrogens is 412 g/mol. The van der Waals surface area contributed by atoms with Gasteiger partial charge in [0.2, 0.25) is 0 Å². The Labute approximate surface area is 193 Å². The lowest BCUT2D eigenvalue weighted by Crippen LogP contribution is -2.31. The Hall–Kier alpha value is -1.58. The number of nitrogens with zero attached hydrogens (tertiary/aromatic N) is 2. The second kappa shape index (κ2) is 13.9. The van der Waals surface area contributed by atoms with Crippen molar-refractivity contribution in [2.75, 3.05) is 59.1 Å². The topological polar surface area (TPSA) is 91.9 Å². The van der Waals surface area contributed by atoms with Crippen LogP contribution in [0.2, 0.25) is 0 Å². The van der Waals surface area contributed by atoms with Crippen molar-refractivity contribution in [1.82, 2.24) is 20.4 Å². The minimum atomic E-state index is -0.390. The number of alkyl carbamates (subject to hydrolysis) is 2. The van der Waals surface area contributed by atoms with E-state index < -0.39 is 0 Å². The zero-order valence-electron chi connectivity index (χ0n) is 20.5. The van der Waals surface area contributed by atoms with Crippen LogP contribution >= 0.6 is 0 Å². The van der Waals surface area contributed by atoms with E-state index in [-0.39, 0.29) is 24.4 Å². The van der Waals surface area contributed by atoms with Gasteiger partial charge in [0.1, 0.15) is 6.61 Å². The Kier molecular flexibility index (Phi) is 11.5. The first-order valence-electron chi connectivity index (χ1n) is 12.2. The molecule has 2 saturated heterocycles. The highest BCUT2D eigenvalue weighted by molar-refractivity contribution is 5.67. The number of hydrogen-bond acceptors (Lipinski definition) is 7. The lowest BCUT2D eigenvalue weighted by atomic mass is 10.0. The van der Waals surface area contributed by atoms with Gasteiger partial charge in [-0.1, -0.05) is 0 Å². The fourth-order valence-corrected chi connectivity index (χ4v) is 3.57. The Bertz CT molecular complexity index is 567. The van der Waals surface area contributed by atoms with Gasteiger partial charge in [0.15, 0.2) is 0 Å². The zero-order chi connectivity index (χ0) is 23.4. The molecule has 2 unspecified atom stereocenters. The zero-order valence-corrected chi connectivity index (χ0v) is 20.5. The van der Waals surface area contributed by atoms with Crippen molar-refractivity contribution in [3.8, 4) is 0 Å². The van der Waals surface area contributed by atoms with Gasteiger partial charge in [-0.05, 0) is 59.8 Å². The second-order valence-electron chi connectivity index (χ2n) is 9.54. The van der Waals surface area contributed by atoms with E-state index in [0.29, 0.717) is 38.4 Å². The van der Waals surface area contributed by atoms with Crippen molar-refractivity contribution in [2.24, 2.45) is 0 Å². The third kappa shape index (κ3) is 12.5. The molecule has 9 nitrogen and oxygen atoms in total. The minimum absolute atomic E-state index is 0.233. The highest BCUT2D eigenvalue weighted by Crippen LogP contribution is 2.18. The van der Waals surface area contributed by atoms with E-state index in [1.165, 1.54) is 26.2 Å². The molecule has 0 radical (unpaired) electrons. The van der Waals surface area contributed by atoms with Crippen molar-refractivity contribution >= 4 is 12.2 Å². The molecule has 2 amide bonds.